The van der Waals surface area contributed by atoms with Crippen LogP contribution in [0.15, 0.2) is 65.4 Å². The van der Waals surface area contributed by atoms with Crippen molar-refractivity contribution in [3.63, 3.8) is 0 Å². The molecule has 4 heterocycles. The number of halogens is 1. The van der Waals surface area contributed by atoms with Crippen molar-refractivity contribution in [2.45, 2.75) is 13.8 Å². The number of hydrogen-bond acceptors (Lipinski definition) is 3. The van der Waals surface area contributed by atoms with Gasteiger partial charge in [0.05, 0.1) is 33.3 Å². The lowest BCUT2D eigenvalue weighted by atomic mass is 10.1. The van der Waals surface area contributed by atoms with Crippen LogP contribution < -0.4 is 0 Å². The van der Waals surface area contributed by atoms with Crippen molar-refractivity contribution in [2.75, 3.05) is 0 Å². The molecule has 0 saturated carbocycles. The highest BCUT2D eigenvalue weighted by molar-refractivity contribution is 9.10. The molecule has 6 rings (SSSR count). The second-order valence-corrected chi connectivity index (χ2v) is 8.56. The van der Waals surface area contributed by atoms with Gasteiger partial charge in [0.1, 0.15) is 5.82 Å². The van der Waals surface area contributed by atoms with E-state index in [1.165, 1.54) is 5.57 Å². The predicted octanol–water partition coefficient (Wildman–Crippen LogP) is 6.99. The molecule has 0 amide bonds. The number of fused-ring (bicyclic) bond motifs is 7. The summed E-state index contributed by atoms with van der Waals surface area (Å²) in [5, 5.41) is 3.14. The first-order chi connectivity index (χ1) is 15.2. The molecule has 0 saturated heterocycles. The lowest BCUT2D eigenvalue weighted by molar-refractivity contribution is 1.31. The van der Waals surface area contributed by atoms with E-state index in [9.17, 15) is 0 Å². The lowest BCUT2D eigenvalue weighted by Crippen LogP contribution is -1.86. The zero-order valence-corrected chi connectivity index (χ0v) is 18.6. The van der Waals surface area contributed by atoms with Crippen molar-refractivity contribution in [1.82, 2.24) is 24.9 Å². The van der Waals surface area contributed by atoms with E-state index in [2.05, 4.69) is 80.1 Å². The van der Waals surface area contributed by atoms with Gasteiger partial charge in [-0.05, 0) is 61.9 Å². The molecule has 0 bridgehead atoms. The maximum absolute atomic E-state index is 5.10. The van der Waals surface area contributed by atoms with E-state index in [-0.39, 0.29) is 0 Å². The number of nitrogens with one attached hydrogen (secondary N) is 2. The second-order valence-electron chi connectivity index (χ2n) is 7.64. The van der Waals surface area contributed by atoms with Gasteiger partial charge in [0, 0.05) is 38.5 Å². The van der Waals surface area contributed by atoms with Crippen LogP contribution in [0.4, 0.5) is 0 Å². The summed E-state index contributed by atoms with van der Waals surface area (Å²) in [5.41, 5.74) is 8.02. The third-order valence-corrected chi connectivity index (χ3v) is 6.39. The van der Waals surface area contributed by atoms with Gasteiger partial charge in [-0.2, -0.15) is 0 Å². The Balaban J connectivity index is 1.78. The Morgan fingerprint density at radius 3 is 2.42 bits per heavy atom. The standard InChI is InChI=1S/C25H18BrN5/c1-3-13(2)20-19(17-12-14(26)8-9-18(17)29-20)25-30-23-15-6-4-10-27-21(15)22-16(24(23)31-25)7-5-11-28-22/h3-12,29H,1-2H3,(H,30,31)/b13-3+. The Bertz CT molecular complexity index is 1600. The second kappa shape index (κ2) is 6.75. The van der Waals surface area contributed by atoms with Crippen LogP contribution in [0.2, 0.25) is 0 Å². The summed E-state index contributed by atoms with van der Waals surface area (Å²) in [5.74, 6) is 0.831. The molecule has 0 radical (unpaired) electrons. The molecule has 4 aromatic heterocycles. The van der Waals surface area contributed by atoms with Gasteiger partial charge in [-0.1, -0.05) is 22.0 Å². The van der Waals surface area contributed by atoms with Gasteiger partial charge < -0.3 is 9.97 Å². The minimum Gasteiger partial charge on any atom is -0.354 e. The molecule has 0 aliphatic carbocycles. The molecule has 6 heteroatoms. The molecule has 150 valence electrons. The Hall–Kier alpha value is -3.51. The summed E-state index contributed by atoms with van der Waals surface area (Å²) < 4.78 is 1.03. The van der Waals surface area contributed by atoms with Crippen LogP contribution >= 0.6 is 15.9 Å². The molecular formula is C25H18BrN5. The van der Waals surface area contributed by atoms with E-state index in [1.807, 2.05) is 24.4 Å². The Morgan fingerprint density at radius 2 is 1.65 bits per heavy atom. The lowest BCUT2D eigenvalue weighted by Gasteiger charge is -2.03. The number of nitrogens with zero attached hydrogens (tertiary/aromatic N) is 3. The Morgan fingerprint density at radius 1 is 0.903 bits per heavy atom. The minimum atomic E-state index is 0.831. The largest absolute Gasteiger partial charge is 0.354 e. The van der Waals surface area contributed by atoms with Crippen molar-refractivity contribution in [3.8, 4) is 11.4 Å². The van der Waals surface area contributed by atoms with Gasteiger partial charge in [0.2, 0.25) is 0 Å². The maximum atomic E-state index is 5.10. The monoisotopic (exact) mass is 467 g/mol. The molecule has 0 spiro atoms. The normalized spacial score (nSPS) is 12.5. The Kier molecular flexibility index (Phi) is 3.98. The molecule has 2 aromatic carbocycles. The first-order valence-corrected chi connectivity index (χ1v) is 10.9. The zero-order valence-electron chi connectivity index (χ0n) is 17.0. The quantitative estimate of drug-likeness (QED) is 0.269. The summed E-state index contributed by atoms with van der Waals surface area (Å²) in [6.07, 6.45) is 5.73. The fraction of sp³-hybridized carbons (Fsp3) is 0.0800. The van der Waals surface area contributed by atoms with Crippen LogP contribution in [0.3, 0.4) is 0 Å². The molecule has 0 atom stereocenters. The number of hydrogen-bond donors (Lipinski definition) is 2. The maximum Gasteiger partial charge on any atom is 0.141 e. The topological polar surface area (TPSA) is 70.2 Å². The van der Waals surface area contributed by atoms with E-state index in [1.54, 1.807) is 6.20 Å². The molecule has 0 unspecified atom stereocenters. The average Bonchev–Trinajstić information content (AvgIpc) is 3.40. The highest BCUT2D eigenvalue weighted by Crippen LogP contribution is 2.39. The van der Waals surface area contributed by atoms with Gasteiger partial charge in [-0.15, -0.1) is 0 Å². The van der Waals surface area contributed by atoms with Gasteiger partial charge in [0.25, 0.3) is 0 Å². The number of pyridine rings is 2. The van der Waals surface area contributed by atoms with Crippen LogP contribution in [0, 0.1) is 0 Å². The SMILES string of the molecule is C/C=C(\C)c1[nH]c2ccc(Br)cc2c1-c1nc2c3cccnc3c3ncccc3c2[nH]1. The van der Waals surface area contributed by atoms with Gasteiger partial charge in [0.15, 0.2) is 0 Å². The predicted molar refractivity (Wildman–Crippen MR) is 131 cm³/mol. The average molecular weight is 468 g/mol. The Labute approximate surface area is 186 Å². The minimum absolute atomic E-state index is 0.831. The van der Waals surface area contributed by atoms with Crippen molar-refractivity contribution in [3.05, 3.63) is 71.1 Å². The van der Waals surface area contributed by atoms with Crippen LogP contribution in [0.25, 0.3) is 60.7 Å². The van der Waals surface area contributed by atoms with Crippen LogP contribution in [0.1, 0.15) is 19.5 Å². The van der Waals surface area contributed by atoms with Gasteiger partial charge in [-0.3, -0.25) is 9.97 Å². The molecule has 0 fully saturated rings. The van der Waals surface area contributed by atoms with Crippen molar-refractivity contribution < 1.29 is 0 Å². The highest BCUT2D eigenvalue weighted by atomic mass is 79.9. The highest BCUT2D eigenvalue weighted by Gasteiger charge is 2.20. The molecule has 2 N–H and O–H groups in total. The summed E-state index contributed by atoms with van der Waals surface area (Å²) in [7, 11) is 0. The van der Waals surface area contributed by atoms with Crippen LogP contribution in [-0.4, -0.2) is 24.9 Å². The van der Waals surface area contributed by atoms with E-state index in [0.717, 1.165) is 65.3 Å². The van der Waals surface area contributed by atoms with E-state index >= 15 is 0 Å². The van der Waals surface area contributed by atoms with Crippen molar-refractivity contribution in [2.24, 2.45) is 0 Å². The first kappa shape index (κ1) is 18.3. The zero-order chi connectivity index (χ0) is 21.1. The summed E-state index contributed by atoms with van der Waals surface area (Å²) in [6.45, 7) is 4.17. The number of aromatic nitrogens is 5. The number of imidazole rings is 1. The fourth-order valence-corrected chi connectivity index (χ4v) is 4.67. The van der Waals surface area contributed by atoms with E-state index < -0.39 is 0 Å². The van der Waals surface area contributed by atoms with Gasteiger partial charge >= 0.3 is 0 Å². The van der Waals surface area contributed by atoms with E-state index in [0.29, 0.717) is 0 Å². The van der Waals surface area contributed by atoms with Crippen molar-refractivity contribution >= 4 is 65.2 Å². The number of benzene rings is 2. The first-order valence-electron chi connectivity index (χ1n) is 10.1. The summed E-state index contributed by atoms with van der Waals surface area (Å²) in [6, 6.07) is 14.3. The molecular weight excluding hydrogens is 450 g/mol. The van der Waals surface area contributed by atoms with Gasteiger partial charge in [-0.25, -0.2) is 4.98 Å². The van der Waals surface area contributed by atoms with E-state index in [4.69, 9.17) is 4.98 Å². The summed E-state index contributed by atoms with van der Waals surface area (Å²) in [4.78, 5) is 21.5. The number of H-pyrrole nitrogens is 2. The number of allylic oxidation sites excluding steroid dienone is 2. The van der Waals surface area contributed by atoms with Crippen molar-refractivity contribution in [1.29, 1.82) is 0 Å². The molecule has 0 aliphatic rings. The third kappa shape index (κ3) is 2.65. The molecule has 5 nitrogen and oxygen atoms in total. The number of aromatic amines is 2. The number of rotatable bonds is 2. The van der Waals surface area contributed by atoms with Crippen LogP contribution in [-0.2, 0) is 0 Å². The molecule has 31 heavy (non-hydrogen) atoms. The fourth-order valence-electron chi connectivity index (χ4n) is 4.31. The summed E-state index contributed by atoms with van der Waals surface area (Å²) >= 11 is 3.63. The molecule has 6 aromatic rings. The van der Waals surface area contributed by atoms with Crippen LogP contribution in [0.5, 0.6) is 0 Å². The third-order valence-electron chi connectivity index (χ3n) is 5.89. The molecule has 0 aliphatic heterocycles. The smallest absolute Gasteiger partial charge is 0.141 e.